The lowest BCUT2D eigenvalue weighted by atomic mass is 10.2. The molecule has 1 amide bonds. The number of halogens is 3. The predicted molar refractivity (Wildman–Crippen MR) is 59.9 cm³/mol. The zero-order valence-corrected chi connectivity index (χ0v) is 9.64. The van der Waals surface area contributed by atoms with E-state index in [1.165, 1.54) is 12.4 Å². The van der Waals surface area contributed by atoms with Gasteiger partial charge < -0.3 is 5.11 Å². The standard InChI is InChI=1S/C8H7Cl3N2O2/c9-8(10,11)3-5-1-2-12-4-6(5)13-7(14)15/h1-2,4,13H,3H2,(H,14,15). The van der Waals surface area contributed by atoms with Crippen LogP contribution in [0.25, 0.3) is 0 Å². The molecule has 4 nitrogen and oxygen atoms in total. The van der Waals surface area contributed by atoms with Crippen molar-refractivity contribution in [3.8, 4) is 0 Å². The highest BCUT2D eigenvalue weighted by Gasteiger charge is 2.22. The molecule has 0 bridgehead atoms. The largest absolute Gasteiger partial charge is 0.465 e. The van der Waals surface area contributed by atoms with E-state index in [0.717, 1.165) is 0 Å². The summed E-state index contributed by atoms with van der Waals surface area (Å²) < 4.78 is -1.46. The van der Waals surface area contributed by atoms with Crippen molar-refractivity contribution in [2.75, 3.05) is 5.32 Å². The number of carbonyl (C=O) groups is 1. The summed E-state index contributed by atoms with van der Waals surface area (Å²) in [7, 11) is 0. The van der Waals surface area contributed by atoms with E-state index < -0.39 is 9.89 Å². The number of alkyl halides is 3. The van der Waals surface area contributed by atoms with E-state index in [4.69, 9.17) is 39.9 Å². The van der Waals surface area contributed by atoms with Gasteiger partial charge in [-0.2, -0.15) is 0 Å². The Labute approximate surface area is 101 Å². The number of hydrogen-bond acceptors (Lipinski definition) is 2. The average molecular weight is 270 g/mol. The molecular formula is C8H7Cl3N2O2. The monoisotopic (exact) mass is 268 g/mol. The van der Waals surface area contributed by atoms with Crippen LogP contribution in [0.1, 0.15) is 5.56 Å². The Kier molecular flexibility index (Phi) is 4.02. The molecule has 0 unspecified atom stereocenters. The van der Waals surface area contributed by atoms with Gasteiger partial charge in [-0.05, 0) is 11.6 Å². The molecule has 7 heteroatoms. The first kappa shape index (κ1) is 12.4. The highest BCUT2D eigenvalue weighted by atomic mass is 35.6. The lowest BCUT2D eigenvalue weighted by Crippen LogP contribution is -2.13. The van der Waals surface area contributed by atoms with Crippen LogP contribution in [-0.4, -0.2) is 20.0 Å². The minimum Gasteiger partial charge on any atom is -0.465 e. The van der Waals surface area contributed by atoms with Gasteiger partial charge in [-0.15, -0.1) is 0 Å². The Morgan fingerprint density at radius 2 is 2.20 bits per heavy atom. The van der Waals surface area contributed by atoms with E-state index in [1.54, 1.807) is 6.07 Å². The maximum absolute atomic E-state index is 10.4. The van der Waals surface area contributed by atoms with Crippen molar-refractivity contribution in [3.63, 3.8) is 0 Å². The first-order chi connectivity index (χ1) is 6.88. The second-order valence-electron chi connectivity index (χ2n) is 2.75. The van der Waals surface area contributed by atoms with Crippen LogP contribution < -0.4 is 5.32 Å². The molecule has 15 heavy (non-hydrogen) atoms. The van der Waals surface area contributed by atoms with Crippen LogP contribution in [0, 0.1) is 0 Å². The van der Waals surface area contributed by atoms with Crippen LogP contribution in [0.5, 0.6) is 0 Å². The lowest BCUT2D eigenvalue weighted by Gasteiger charge is -2.13. The SMILES string of the molecule is O=C(O)Nc1cnccc1CC(Cl)(Cl)Cl. The van der Waals surface area contributed by atoms with Crippen molar-refractivity contribution in [1.82, 2.24) is 4.98 Å². The molecule has 1 rings (SSSR count). The number of pyridine rings is 1. The third kappa shape index (κ3) is 4.55. The Hall–Kier alpha value is -0.710. The van der Waals surface area contributed by atoms with Gasteiger partial charge >= 0.3 is 6.09 Å². The number of anilines is 1. The number of nitrogens with one attached hydrogen (secondary N) is 1. The zero-order chi connectivity index (χ0) is 11.5. The van der Waals surface area contributed by atoms with Crippen LogP contribution in [0.3, 0.4) is 0 Å². The molecule has 0 aliphatic carbocycles. The van der Waals surface area contributed by atoms with Crippen LogP contribution >= 0.6 is 34.8 Å². The molecule has 0 saturated carbocycles. The summed E-state index contributed by atoms with van der Waals surface area (Å²) in [5.74, 6) is 0. The second-order valence-corrected chi connectivity index (χ2v) is 5.27. The second kappa shape index (κ2) is 4.88. The number of rotatable bonds is 2. The molecule has 0 saturated heterocycles. The Morgan fingerprint density at radius 1 is 1.53 bits per heavy atom. The van der Waals surface area contributed by atoms with Gasteiger partial charge in [0.15, 0.2) is 3.79 Å². The first-order valence-electron chi connectivity index (χ1n) is 3.88. The highest BCUT2D eigenvalue weighted by molar-refractivity contribution is 6.67. The molecule has 0 aliphatic rings. The summed E-state index contributed by atoms with van der Waals surface area (Å²) in [6, 6.07) is 1.59. The Balaban J connectivity index is 2.91. The Bertz CT molecular complexity index is 365. The topological polar surface area (TPSA) is 62.2 Å². The molecule has 0 atom stereocenters. The van der Waals surface area contributed by atoms with Crippen molar-refractivity contribution in [3.05, 3.63) is 24.0 Å². The van der Waals surface area contributed by atoms with E-state index in [-0.39, 0.29) is 6.42 Å². The van der Waals surface area contributed by atoms with E-state index >= 15 is 0 Å². The molecular weight excluding hydrogens is 262 g/mol. The minimum absolute atomic E-state index is 0.107. The fraction of sp³-hybridized carbons (Fsp3) is 0.250. The average Bonchev–Trinajstić information content (AvgIpc) is 2.05. The molecule has 1 aromatic heterocycles. The van der Waals surface area contributed by atoms with Gasteiger partial charge in [0.25, 0.3) is 0 Å². The van der Waals surface area contributed by atoms with E-state index in [9.17, 15) is 4.79 Å². The van der Waals surface area contributed by atoms with Gasteiger partial charge in [-0.25, -0.2) is 4.79 Å². The molecule has 2 N–H and O–H groups in total. The van der Waals surface area contributed by atoms with Gasteiger partial charge in [-0.3, -0.25) is 10.3 Å². The molecule has 0 aliphatic heterocycles. The lowest BCUT2D eigenvalue weighted by molar-refractivity contribution is 0.209. The van der Waals surface area contributed by atoms with Gasteiger partial charge in [0, 0.05) is 12.6 Å². The van der Waals surface area contributed by atoms with Gasteiger partial charge in [0.2, 0.25) is 0 Å². The molecule has 82 valence electrons. The summed E-state index contributed by atoms with van der Waals surface area (Å²) in [5.41, 5.74) is 0.892. The van der Waals surface area contributed by atoms with Gasteiger partial charge in [0.1, 0.15) is 0 Å². The first-order valence-corrected chi connectivity index (χ1v) is 5.01. The fourth-order valence-electron chi connectivity index (χ4n) is 1.02. The maximum Gasteiger partial charge on any atom is 0.409 e. The summed E-state index contributed by atoms with van der Waals surface area (Å²) in [6.07, 6.45) is 1.78. The van der Waals surface area contributed by atoms with Gasteiger partial charge in [-0.1, -0.05) is 34.8 Å². The third-order valence-electron chi connectivity index (χ3n) is 1.54. The summed E-state index contributed by atoms with van der Waals surface area (Å²) >= 11 is 16.8. The minimum atomic E-state index is -1.46. The highest BCUT2D eigenvalue weighted by Crippen LogP contribution is 2.32. The quantitative estimate of drug-likeness (QED) is 0.811. The van der Waals surface area contributed by atoms with Crippen LogP contribution in [0.2, 0.25) is 0 Å². The molecule has 1 heterocycles. The summed E-state index contributed by atoms with van der Waals surface area (Å²) in [5, 5.41) is 10.7. The number of aromatic nitrogens is 1. The molecule has 0 fully saturated rings. The zero-order valence-electron chi connectivity index (χ0n) is 7.38. The Morgan fingerprint density at radius 3 is 2.73 bits per heavy atom. The van der Waals surface area contributed by atoms with Crippen LogP contribution in [-0.2, 0) is 6.42 Å². The number of carboxylic acid groups (broad SMARTS) is 1. The number of hydrogen-bond donors (Lipinski definition) is 2. The van der Waals surface area contributed by atoms with E-state index in [2.05, 4.69) is 10.3 Å². The van der Waals surface area contributed by atoms with Crippen LogP contribution in [0.4, 0.5) is 10.5 Å². The molecule has 0 radical (unpaired) electrons. The summed E-state index contributed by atoms with van der Waals surface area (Å²) in [4.78, 5) is 14.2. The molecule has 0 spiro atoms. The van der Waals surface area contributed by atoms with Crippen LogP contribution in [0.15, 0.2) is 18.5 Å². The van der Waals surface area contributed by atoms with E-state index in [1.807, 2.05) is 0 Å². The summed E-state index contributed by atoms with van der Waals surface area (Å²) in [6.45, 7) is 0. The van der Waals surface area contributed by atoms with Crippen molar-refractivity contribution in [2.45, 2.75) is 10.2 Å². The third-order valence-corrected chi connectivity index (χ3v) is 1.94. The molecule has 1 aromatic rings. The van der Waals surface area contributed by atoms with Gasteiger partial charge in [0.05, 0.1) is 11.9 Å². The van der Waals surface area contributed by atoms with Crippen molar-refractivity contribution in [1.29, 1.82) is 0 Å². The van der Waals surface area contributed by atoms with Crippen molar-refractivity contribution in [2.24, 2.45) is 0 Å². The predicted octanol–water partition coefficient (Wildman–Crippen LogP) is 3.08. The smallest absolute Gasteiger partial charge is 0.409 e. The fourth-order valence-corrected chi connectivity index (χ4v) is 1.45. The number of nitrogens with zero attached hydrogens (tertiary/aromatic N) is 1. The molecule has 0 aromatic carbocycles. The number of amides is 1. The normalized spacial score (nSPS) is 11.1. The van der Waals surface area contributed by atoms with E-state index in [0.29, 0.717) is 11.3 Å². The van der Waals surface area contributed by atoms with Crippen molar-refractivity contribution < 1.29 is 9.90 Å². The maximum atomic E-state index is 10.4. The van der Waals surface area contributed by atoms with Crippen molar-refractivity contribution >= 4 is 46.6 Å².